The van der Waals surface area contributed by atoms with E-state index in [1.54, 1.807) is 17.7 Å². The minimum absolute atomic E-state index is 0.00827. The monoisotopic (exact) mass is 332 g/mol. The molecule has 112 valence electrons. The van der Waals surface area contributed by atoms with E-state index < -0.39 is 0 Å². The summed E-state index contributed by atoms with van der Waals surface area (Å²) in [6, 6.07) is 5.71. The first-order chi connectivity index (χ1) is 10.8. The number of hydrogen-bond acceptors (Lipinski definition) is 6. The van der Waals surface area contributed by atoms with E-state index in [9.17, 15) is 0 Å². The zero-order chi connectivity index (χ0) is 14.9. The number of rotatable bonds is 2. The minimum atomic E-state index is -0.00827. The van der Waals surface area contributed by atoms with Gasteiger partial charge in [0.1, 0.15) is 23.3 Å². The number of hydrogen-bond donors (Lipinski definition) is 0. The Morgan fingerprint density at radius 1 is 1.27 bits per heavy atom. The molecule has 0 bridgehead atoms. The lowest BCUT2D eigenvalue weighted by atomic mass is 10.2. The molecule has 0 aliphatic carbocycles. The van der Waals surface area contributed by atoms with Crippen LogP contribution in [-0.4, -0.2) is 34.6 Å². The van der Waals surface area contributed by atoms with Crippen molar-refractivity contribution in [2.45, 2.75) is 6.10 Å². The van der Waals surface area contributed by atoms with Crippen LogP contribution < -0.4 is 4.90 Å². The van der Waals surface area contributed by atoms with Crippen molar-refractivity contribution in [1.82, 2.24) is 15.0 Å². The molecule has 1 fully saturated rings. The van der Waals surface area contributed by atoms with E-state index in [1.165, 1.54) is 0 Å². The van der Waals surface area contributed by atoms with Gasteiger partial charge in [0.25, 0.3) is 0 Å². The second-order valence-electron chi connectivity index (χ2n) is 5.03. The Kier molecular flexibility index (Phi) is 3.65. The van der Waals surface area contributed by atoms with Gasteiger partial charge in [-0.15, -0.1) is 11.3 Å². The third-order valence-corrected chi connectivity index (χ3v) is 4.77. The molecule has 0 radical (unpaired) electrons. The molecule has 3 aromatic rings. The van der Waals surface area contributed by atoms with Gasteiger partial charge in [0.15, 0.2) is 0 Å². The maximum atomic E-state index is 6.05. The zero-order valence-electron chi connectivity index (χ0n) is 11.6. The smallest absolute Gasteiger partial charge is 0.140 e. The van der Waals surface area contributed by atoms with Crippen LogP contribution in [0.25, 0.3) is 10.9 Å². The zero-order valence-corrected chi connectivity index (χ0v) is 13.2. The number of benzene rings is 1. The molecule has 0 amide bonds. The molecule has 5 nitrogen and oxygen atoms in total. The number of aromatic nitrogens is 3. The van der Waals surface area contributed by atoms with Crippen molar-refractivity contribution in [1.29, 1.82) is 0 Å². The number of thiazole rings is 1. The molecule has 1 saturated heterocycles. The standard InChI is InChI=1S/C15H13ClN4OS/c16-10-1-2-11-12(7-10)18-9-19-14(11)20-4-5-21-13(8-20)15-17-3-6-22-15/h1-3,6-7,9,13H,4-5,8H2. The summed E-state index contributed by atoms with van der Waals surface area (Å²) in [4.78, 5) is 15.4. The molecule has 0 spiro atoms. The van der Waals surface area contributed by atoms with E-state index in [0.717, 1.165) is 34.8 Å². The van der Waals surface area contributed by atoms with Crippen LogP contribution in [0.4, 0.5) is 5.82 Å². The number of ether oxygens (including phenoxy) is 1. The largest absolute Gasteiger partial charge is 0.367 e. The summed E-state index contributed by atoms with van der Waals surface area (Å²) in [6.07, 6.45) is 3.39. The molecule has 1 aromatic carbocycles. The van der Waals surface area contributed by atoms with Crippen molar-refractivity contribution in [3.05, 3.63) is 46.1 Å². The lowest BCUT2D eigenvalue weighted by Gasteiger charge is -2.33. The van der Waals surface area contributed by atoms with Crippen LogP contribution in [0.15, 0.2) is 36.1 Å². The summed E-state index contributed by atoms with van der Waals surface area (Å²) in [7, 11) is 0. The van der Waals surface area contributed by atoms with Crippen LogP contribution in [0, 0.1) is 0 Å². The second kappa shape index (κ2) is 5.79. The van der Waals surface area contributed by atoms with Gasteiger partial charge in [-0.25, -0.2) is 15.0 Å². The predicted molar refractivity (Wildman–Crippen MR) is 87.6 cm³/mol. The molecular weight excluding hydrogens is 320 g/mol. The summed E-state index contributed by atoms with van der Waals surface area (Å²) in [5, 5.41) is 4.66. The van der Waals surface area contributed by atoms with Gasteiger partial charge in [-0.3, -0.25) is 0 Å². The number of halogens is 1. The second-order valence-corrected chi connectivity index (χ2v) is 6.40. The van der Waals surface area contributed by atoms with Crippen LogP contribution >= 0.6 is 22.9 Å². The molecule has 0 saturated carbocycles. The molecule has 1 aliphatic heterocycles. The Labute approximate surface area is 136 Å². The maximum Gasteiger partial charge on any atom is 0.140 e. The Balaban J connectivity index is 1.69. The Morgan fingerprint density at radius 2 is 2.23 bits per heavy atom. The van der Waals surface area contributed by atoms with Crippen LogP contribution in [0.5, 0.6) is 0 Å². The predicted octanol–water partition coefficient (Wildman–Crippen LogP) is 3.32. The minimum Gasteiger partial charge on any atom is -0.367 e. The van der Waals surface area contributed by atoms with Gasteiger partial charge < -0.3 is 9.64 Å². The van der Waals surface area contributed by atoms with Crippen LogP contribution in [0.1, 0.15) is 11.1 Å². The summed E-state index contributed by atoms with van der Waals surface area (Å²) in [5.41, 5.74) is 0.856. The fraction of sp³-hybridized carbons (Fsp3) is 0.267. The van der Waals surface area contributed by atoms with E-state index in [1.807, 2.05) is 29.8 Å². The highest BCUT2D eigenvalue weighted by molar-refractivity contribution is 7.09. The summed E-state index contributed by atoms with van der Waals surface area (Å²) in [5.74, 6) is 0.923. The Hall–Kier alpha value is -1.76. The van der Waals surface area contributed by atoms with Gasteiger partial charge in [0.05, 0.1) is 18.7 Å². The highest BCUT2D eigenvalue weighted by atomic mass is 35.5. The number of fused-ring (bicyclic) bond motifs is 1. The normalized spacial score (nSPS) is 18.8. The molecule has 2 aromatic heterocycles. The van der Waals surface area contributed by atoms with Crippen molar-refractivity contribution in [3.8, 4) is 0 Å². The van der Waals surface area contributed by atoms with Crippen molar-refractivity contribution < 1.29 is 4.74 Å². The van der Waals surface area contributed by atoms with Crippen LogP contribution in [0.2, 0.25) is 5.02 Å². The maximum absolute atomic E-state index is 6.05. The highest BCUT2D eigenvalue weighted by Gasteiger charge is 2.25. The fourth-order valence-electron chi connectivity index (χ4n) is 2.65. The van der Waals surface area contributed by atoms with Gasteiger partial charge in [-0.1, -0.05) is 11.6 Å². The first-order valence-electron chi connectivity index (χ1n) is 6.97. The lowest BCUT2D eigenvalue weighted by Crippen LogP contribution is -2.39. The van der Waals surface area contributed by atoms with Gasteiger partial charge in [0, 0.05) is 28.5 Å². The average Bonchev–Trinajstić information content (AvgIpc) is 3.08. The third-order valence-electron chi connectivity index (χ3n) is 3.67. The van der Waals surface area contributed by atoms with E-state index in [-0.39, 0.29) is 6.10 Å². The van der Waals surface area contributed by atoms with Gasteiger partial charge >= 0.3 is 0 Å². The van der Waals surface area contributed by atoms with Gasteiger partial charge in [-0.2, -0.15) is 0 Å². The summed E-state index contributed by atoms with van der Waals surface area (Å²) < 4.78 is 5.85. The quantitative estimate of drug-likeness (QED) is 0.720. The topological polar surface area (TPSA) is 51.1 Å². The van der Waals surface area contributed by atoms with Crippen molar-refractivity contribution in [3.63, 3.8) is 0 Å². The van der Waals surface area contributed by atoms with E-state index in [2.05, 4.69) is 19.9 Å². The average molecular weight is 333 g/mol. The molecule has 22 heavy (non-hydrogen) atoms. The van der Waals surface area contributed by atoms with Crippen LogP contribution in [-0.2, 0) is 4.74 Å². The summed E-state index contributed by atoms with van der Waals surface area (Å²) in [6.45, 7) is 2.20. The van der Waals surface area contributed by atoms with E-state index in [4.69, 9.17) is 16.3 Å². The fourth-order valence-corrected chi connectivity index (χ4v) is 3.50. The van der Waals surface area contributed by atoms with Gasteiger partial charge in [0.2, 0.25) is 0 Å². The van der Waals surface area contributed by atoms with Crippen molar-refractivity contribution >= 4 is 39.7 Å². The molecule has 3 heterocycles. The van der Waals surface area contributed by atoms with E-state index in [0.29, 0.717) is 11.6 Å². The molecule has 0 N–H and O–H groups in total. The molecule has 1 unspecified atom stereocenters. The first kappa shape index (κ1) is 13.9. The Bertz CT molecular complexity index is 795. The highest BCUT2D eigenvalue weighted by Crippen LogP contribution is 2.30. The molecule has 7 heteroatoms. The number of morpholine rings is 1. The molecule has 4 rings (SSSR count). The van der Waals surface area contributed by atoms with E-state index >= 15 is 0 Å². The van der Waals surface area contributed by atoms with Crippen LogP contribution in [0.3, 0.4) is 0 Å². The first-order valence-corrected chi connectivity index (χ1v) is 8.23. The molecule has 1 atom stereocenters. The number of anilines is 1. The molecular formula is C15H13ClN4OS. The van der Waals surface area contributed by atoms with Gasteiger partial charge in [-0.05, 0) is 18.2 Å². The number of nitrogens with zero attached hydrogens (tertiary/aromatic N) is 4. The molecule has 1 aliphatic rings. The van der Waals surface area contributed by atoms with Crippen molar-refractivity contribution in [2.75, 3.05) is 24.6 Å². The Morgan fingerprint density at radius 3 is 3.09 bits per heavy atom. The van der Waals surface area contributed by atoms with Crippen molar-refractivity contribution in [2.24, 2.45) is 0 Å². The lowest BCUT2D eigenvalue weighted by molar-refractivity contribution is 0.0394. The summed E-state index contributed by atoms with van der Waals surface area (Å²) >= 11 is 7.67. The third kappa shape index (κ3) is 2.54. The SMILES string of the molecule is Clc1ccc2c(N3CCOC(c4nccs4)C3)ncnc2c1.